The fourth-order valence-electron chi connectivity index (χ4n) is 2.09. The van der Waals surface area contributed by atoms with E-state index in [2.05, 4.69) is 53.3 Å². The van der Waals surface area contributed by atoms with Crippen LogP contribution in [0.5, 0.6) is 0 Å². The van der Waals surface area contributed by atoms with E-state index in [0.717, 1.165) is 23.5 Å². The molecule has 1 aromatic rings. The van der Waals surface area contributed by atoms with E-state index in [1.54, 1.807) is 0 Å². The number of nitrogens with one attached hydrogen (secondary N) is 1. The number of hydrogen-bond acceptors (Lipinski definition) is 2. The van der Waals surface area contributed by atoms with E-state index in [0.29, 0.717) is 12.7 Å². The molecule has 1 aliphatic carbocycles. The van der Waals surface area contributed by atoms with Crippen molar-refractivity contribution < 1.29 is 4.74 Å². The summed E-state index contributed by atoms with van der Waals surface area (Å²) >= 11 is 3.65. The number of ether oxygens (including phenoxy) is 1. The molecule has 1 saturated carbocycles. The third kappa shape index (κ3) is 5.25. The number of hydrogen-bond donors (Lipinski definition) is 1. The SMILES string of the molecule is CCCC(C)OCc1ccc(CNC2CC2)cc1Br. The van der Waals surface area contributed by atoms with Gasteiger partial charge in [0.2, 0.25) is 0 Å². The van der Waals surface area contributed by atoms with Crippen LogP contribution in [0.15, 0.2) is 22.7 Å². The highest BCUT2D eigenvalue weighted by Crippen LogP contribution is 2.22. The lowest BCUT2D eigenvalue weighted by Crippen LogP contribution is -2.15. The van der Waals surface area contributed by atoms with E-state index in [9.17, 15) is 0 Å². The molecular weight excluding hydrogens is 302 g/mol. The lowest BCUT2D eigenvalue weighted by atomic mass is 10.1. The van der Waals surface area contributed by atoms with Gasteiger partial charge in [-0.25, -0.2) is 0 Å². The van der Waals surface area contributed by atoms with Crippen LogP contribution in [-0.2, 0) is 17.9 Å². The van der Waals surface area contributed by atoms with Crippen molar-refractivity contribution in [2.45, 2.75) is 64.8 Å². The van der Waals surface area contributed by atoms with Crippen LogP contribution in [0.4, 0.5) is 0 Å². The molecule has 1 N–H and O–H groups in total. The van der Waals surface area contributed by atoms with E-state index in [1.165, 1.54) is 30.4 Å². The van der Waals surface area contributed by atoms with Crippen molar-refractivity contribution in [2.24, 2.45) is 0 Å². The Morgan fingerprint density at radius 2 is 2.21 bits per heavy atom. The quantitative estimate of drug-likeness (QED) is 0.764. The van der Waals surface area contributed by atoms with Gasteiger partial charge in [0.05, 0.1) is 12.7 Å². The molecule has 1 fully saturated rings. The molecule has 0 aromatic heterocycles. The van der Waals surface area contributed by atoms with Gasteiger partial charge in [-0.2, -0.15) is 0 Å². The first-order valence-electron chi connectivity index (χ1n) is 7.31. The number of benzene rings is 1. The van der Waals surface area contributed by atoms with E-state index < -0.39 is 0 Å². The third-order valence-electron chi connectivity index (χ3n) is 3.51. The Bertz CT molecular complexity index is 404. The first-order valence-corrected chi connectivity index (χ1v) is 8.10. The summed E-state index contributed by atoms with van der Waals surface area (Å²) in [5.74, 6) is 0. The first-order chi connectivity index (χ1) is 9.19. The summed E-state index contributed by atoms with van der Waals surface area (Å²) in [5.41, 5.74) is 2.57. The maximum Gasteiger partial charge on any atom is 0.0731 e. The lowest BCUT2D eigenvalue weighted by molar-refractivity contribution is 0.0468. The van der Waals surface area contributed by atoms with Crippen molar-refractivity contribution in [3.8, 4) is 0 Å². The number of halogens is 1. The van der Waals surface area contributed by atoms with Crippen molar-refractivity contribution >= 4 is 15.9 Å². The Morgan fingerprint density at radius 3 is 2.84 bits per heavy atom. The molecule has 1 aromatic carbocycles. The molecule has 2 nitrogen and oxygen atoms in total. The number of rotatable bonds is 8. The van der Waals surface area contributed by atoms with Crippen LogP contribution in [-0.4, -0.2) is 12.1 Å². The molecule has 0 bridgehead atoms. The third-order valence-corrected chi connectivity index (χ3v) is 4.25. The molecule has 2 rings (SSSR count). The summed E-state index contributed by atoms with van der Waals surface area (Å²) in [6, 6.07) is 7.34. The van der Waals surface area contributed by atoms with Crippen LogP contribution < -0.4 is 5.32 Å². The minimum atomic E-state index is 0.341. The zero-order valence-electron chi connectivity index (χ0n) is 11.9. The van der Waals surface area contributed by atoms with Gasteiger partial charge in [-0.15, -0.1) is 0 Å². The fourth-order valence-corrected chi connectivity index (χ4v) is 2.63. The Morgan fingerprint density at radius 1 is 1.42 bits per heavy atom. The van der Waals surface area contributed by atoms with Gasteiger partial charge in [-0.1, -0.05) is 41.4 Å². The highest BCUT2D eigenvalue weighted by atomic mass is 79.9. The summed E-state index contributed by atoms with van der Waals surface area (Å²) in [6.45, 7) is 6.00. The smallest absolute Gasteiger partial charge is 0.0731 e. The Labute approximate surface area is 125 Å². The van der Waals surface area contributed by atoms with E-state index in [1.807, 2.05) is 0 Å². The maximum absolute atomic E-state index is 5.85. The van der Waals surface area contributed by atoms with Gasteiger partial charge in [0.25, 0.3) is 0 Å². The summed E-state index contributed by atoms with van der Waals surface area (Å²) in [6.07, 6.45) is 5.31. The maximum atomic E-state index is 5.85. The molecule has 1 aliphatic rings. The van der Waals surface area contributed by atoms with Gasteiger partial charge in [-0.3, -0.25) is 0 Å². The zero-order chi connectivity index (χ0) is 13.7. The molecule has 1 atom stereocenters. The van der Waals surface area contributed by atoms with Gasteiger partial charge in [0.1, 0.15) is 0 Å². The van der Waals surface area contributed by atoms with Crippen LogP contribution in [0.1, 0.15) is 50.7 Å². The largest absolute Gasteiger partial charge is 0.374 e. The molecule has 0 amide bonds. The lowest BCUT2D eigenvalue weighted by Gasteiger charge is -2.13. The fraction of sp³-hybridized carbons (Fsp3) is 0.625. The van der Waals surface area contributed by atoms with Crippen molar-refractivity contribution in [2.75, 3.05) is 0 Å². The standard InChI is InChI=1S/C16H24BrNO/c1-3-4-12(2)19-11-14-6-5-13(9-16(14)17)10-18-15-7-8-15/h5-6,9,12,15,18H,3-4,7-8,10-11H2,1-2H3. The molecule has 0 radical (unpaired) electrons. The van der Waals surface area contributed by atoms with Crippen LogP contribution in [0.25, 0.3) is 0 Å². The van der Waals surface area contributed by atoms with Crippen LogP contribution >= 0.6 is 15.9 Å². The van der Waals surface area contributed by atoms with Gasteiger partial charge in [0, 0.05) is 17.1 Å². The Balaban J connectivity index is 1.83. The van der Waals surface area contributed by atoms with Crippen molar-refractivity contribution in [1.82, 2.24) is 5.32 Å². The summed E-state index contributed by atoms with van der Waals surface area (Å²) < 4.78 is 7.01. The second-order valence-corrected chi connectivity index (χ2v) is 6.35. The average molecular weight is 326 g/mol. The normalized spacial score (nSPS) is 16.6. The molecular formula is C16H24BrNO. The molecule has 1 unspecified atom stereocenters. The average Bonchev–Trinajstić information content (AvgIpc) is 3.19. The zero-order valence-corrected chi connectivity index (χ0v) is 13.5. The molecule has 0 aliphatic heterocycles. The van der Waals surface area contributed by atoms with Crippen molar-refractivity contribution in [1.29, 1.82) is 0 Å². The molecule has 0 heterocycles. The van der Waals surface area contributed by atoms with E-state index in [-0.39, 0.29) is 0 Å². The highest BCUT2D eigenvalue weighted by Gasteiger charge is 2.19. The molecule has 0 spiro atoms. The highest BCUT2D eigenvalue weighted by molar-refractivity contribution is 9.10. The van der Waals surface area contributed by atoms with Crippen molar-refractivity contribution in [3.63, 3.8) is 0 Å². The monoisotopic (exact) mass is 325 g/mol. The first kappa shape index (κ1) is 15.0. The van der Waals surface area contributed by atoms with Crippen LogP contribution in [0, 0.1) is 0 Å². The minimum Gasteiger partial charge on any atom is -0.374 e. The molecule has 3 heteroatoms. The van der Waals surface area contributed by atoms with E-state index >= 15 is 0 Å². The predicted molar refractivity (Wildman–Crippen MR) is 83.2 cm³/mol. The molecule has 0 saturated heterocycles. The van der Waals surface area contributed by atoms with Gasteiger partial charge in [-0.05, 0) is 43.4 Å². The Kier molecular flexibility index (Phi) is 5.86. The summed E-state index contributed by atoms with van der Waals surface area (Å²) in [4.78, 5) is 0. The molecule has 19 heavy (non-hydrogen) atoms. The van der Waals surface area contributed by atoms with Crippen molar-refractivity contribution in [3.05, 3.63) is 33.8 Å². The van der Waals surface area contributed by atoms with Gasteiger partial charge >= 0.3 is 0 Å². The minimum absolute atomic E-state index is 0.341. The van der Waals surface area contributed by atoms with Crippen LogP contribution in [0.2, 0.25) is 0 Å². The summed E-state index contributed by atoms with van der Waals surface area (Å²) in [7, 11) is 0. The van der Waals surface area contributed by atoms with Crippen LogP contribution in [0.3, 0.4) is 0 Å². The topological polar surface area (TPSA) is 21.3 Å². The van der Waals surface area contributed by atoms with Gasteiger partial charge < -0.3 is 10.1 Å². The van der Waals surface area contributed by atoms with E-state index in [4.69, 9.17) is 4.74 Å². The summed E-state index contributed by atoms with van der Waals surface area (Å²) in [5, 5.41) is 3.53. The predicted octanol–water partition coefficient (Wildman–Crippen LogP) is 4.41. The second-order valence-electron chi connectivity index (χ2n) is 5.49. The molecule has 106 valence electrons. The Hall–Kier alpha value is -0.380. The van der Waals surface area contributed by atoms with Gasteiger partial charge in [0.15, 0.2) is 0 Å². The second kappa shape index (κ2) is 7.41.